The molecule has 0 spiro atoms. The first-order valence-electron chi connectivity index (χ1n) is 14.8. The first-order valence-corrected chi connectivity index (χ1v) is 18.1. The van der Waals surface area contributed by atoms with E-state index in [0.717, 1.165) is 44.9 Å². The number of piperazine rings is 1. The Kier molecular flexibility index (Phi) is 9.19. The molecular weight excluding hydrogens is 548 g/mol. The summed E-state index contributed by atoms with van der Waals surface area (Å²) in [5.41, 5.74) is 4.28. The molecule has 2 aliphatic rings. The average Bonchev–Trinajstić information content (AvgIpc) is 3.56. The van der Waals surface area contributed by atoms with Crippen LogP contribution in [0.1, 0.15) is 39.4 Å². The molecule has 226 valence electrons. The highest BCUT2D eigenvalue weighted by atomic mass is 28.3. The standard InChI is InChI=1S/C31H44N6O4Si/c1-21-18-22-10-17-42(5,6)26(22)20-23(21)19-24-8-9-25(41-24)28(38)33-27-29(39-3)34-31(35-30(27)40-4)32-11-7-12-37-15-13-36(2)14-16-37/h8-9,18,20H,7,10-17,19H2,1-6H3,(H,33,38)(H,32,34,35). The van der Waals surface area contributed by atoms with E-state index >= 15 is 0 Å². The van der Waals surface area contributed by atoms with Gasteiger partial charge in [-0.15, -0.1) is 0 Å². The van der Waals surface area contributed by atoms with Crippen molar-refractivity contribution < 1.29 is 18.7 Å². The zero-order valence-corrected chi connectivity index (χ0v) is 26.8. The molecule has 0 saturated carbocycles. The van der Waals surface area contributed by atoms with E-state index in [0.29, 0.717) is 18.9 Å². The van der Waals surface area contributed by atoms with Crippen LogP contribution in [0.3, 0.4) is 0 Å². The number of anilines is 2. The Labute approximate surface area is 249 Å². The lowest BCUT2D eigenvalue weighted by Crippen LogP contribution is -2.44. The van der Waals surface area contributed by atoms with Gasteiger partial charge in [0, 0.05) is 39.1 Å². The largest absolute Gasteiger partial charge is 0.479 e. The minimum absolute atomic E-state index is 0.203. The molecule has 1 aromatic carbocycles. The molecule has 11 heteroatoms. The second-order valence-electron chi connectivity index (χ2n) is 12.1. The Bertz CT molecular complexity index is 1390. The van der Waals surface area contributed by atoms with Crippen LogP contribution in [0, 0.1) is 6.92 Å². The van der Waals surface area contributed by atoms with Crippen LogP contribution >= 0.6 is 0 Å². The van der Waals surface area contributed by atoms with Gasteiger partial charge in [-0.3, -0.25) is 4.79 Å². The van der Waals surface area contributed by atoms with E-state index in [-0.39, 0.29) is 23.2 Å². The van der Waals surface area contributed by atoms with Crippen molar-refractivity contribution in [2.45, 2.75) is 45.3 Å². The minimum Gasteiger partial charge on any atom is -0.479 e. The van der Waals surface area contributed by atoms with Crippen LogP contribution in [-0.2, 0) is 12.8 Å². The predicted molar refractivity (Wildman–Crippen MR) is 168 cm³/mol. The van der Waals surface area contributed by atoms with Gasteiger partial charge in [-0.25, -0.2) is 0 Å². The maximum Gasteiger partial charge on any atom is 0.291 e. The number of aryl methyl sites for hydroxylation is 2. The number of hydrogen-bond donors (Lipinski definition) is 2. The van der Waals surface area contributed by atoms with Crippen molar-refractivity contribution in [2.75, 3.05) is 71.2 Å². The van der Waals surface area contributed by atoms with Gasteiger partial charge < -0.3 is 34.3 Å². The number of likely N-dealkylation sites (N-methyl/N-ethyl adjacent to an activating group) is 1. The summed E-state index contributed by atoms with van der Waals surface area (Å²) in [4.78, 5) is 26.9. The summed E-state index contributed by atoms with van der Waals surface area (Å²) in [5.74, 6) is 1.33. The van der Waals surface area contributed by atoms with Crippen LogP contribution in [0.25, 0.3) is 0 Å². The second kappa shape index (κ2) is 12.8. The smallest absolute Gasteiger partial charge is 0.291 e. The fourth-order valence-electron chi connectivity index (χ4n) is 5.86. The topological polar surface area (TPSA) is 105 Å². The number of amides is 1. The lowest BCUT2D eigenvalue weighted by atomic mass is 10.0. The van der Waals surface area contributed by atoms with Gasteiger partial charge in [-0.1, -0.05) is 30.4 Å². The maximum atomic E-state index is 13.2. The number of ether oxygens (including phenoxy) is 2. The van der Waals surface area contributed by atoms with Gasteiger partial charge in [0.05, 0.1) is 22.3 Å². The SMILES string of the molecule is COc1nc(NCCCN2CCN(C)CC2)nc(OC)c1NC(=O)c1ccc(Cc2cc3c(cc2C)CC[Si]3(C)C)o1. The second-order valence-corrected chi connectivity index (χ2v) is 16.9. The third-order valence-corrected chi connectivity index (χ3v) is 12.0. The van der Waals surface area contributed by atoms with Gasteiger partial charge >= 0.3 is 0 Å². The van der Waals surface area contributed by atoms with E-state index in [4.69, 9.17) is 13.9 Å². The zero-order valence-electron chi connectivity index (χ0n) is 25.8. The number of carbonyl (C=O) groups excluding carboxylic acids is 1. The summed E-state index contributed by atoms with van der Waals surface area (Å²) < 4.78 is 17.0. The summed E-state index contributed by atoms with van der Waals surface area (Å²) in [6.45, 7) is 13.2. The van der Waals surface area contributed by atoms with Crippen LogP contribution in [0.5, 0.6) is 11.8 Å². The van der Waals surface area contributed by atoms with Gasteiger partial charge in [0.1, 0.15) is 5.76 Å². The van der Waals surface area contributed by atoms with Gasteiger partial charge in [0.15, 0.2) is 11.4 Å². The summed E-state index contributed by atoms with van der Waals surface area (Å²) in [6.07, 6.45) is 2.79. The molecule has 0 unspecified atom stereocenters. The molecule has 0 radical (unpaired) electrons. The zero-order chi connectivity index (χ0) is 29.9. The molecule has 2 N–H and O–H groups in total. The van der Waals surface area contributed by atoms with Crippen molar-refractivity contribution in [2.24, 2.45) is 0 Å². The van der Waals surface area contributed by atoms with Gasteiger partial charge in [-0.05, 0) is 68.2 Å². The van der Waals surface area contributed by atoms with E-state index in [1.54, 1.807) is 11.3 Å². The quantitative estimate of drug-likeness (QED) is 0.254. The van der Waals surface area contributed by atoms with E-state index < -0.39 is 14.0 Å². The lowest BCUT2D eigenvalue weighted by molar-refractivity contribution is 0.0994. The molecule has 2 aromatic heterocycles. The lowest BCUT2D eigenvalue weighted by Gasteiger charge is -2.32. The van der Waals surface area contributed by atoms with E-state index in [9.17, 15) is 4.79 Å². The molecule has 1 saturated heterocycles. The fraction of sp³-hybridized carbons (Fsp3) is 0.516. The fourth-order valence-corrected chi connectivity index (χ4v) is 8.65. The molecule has 0 bridgehead atoms. The molecule has 0 aliphatic carbocycles. The number of furan rings is 1. The van der Waals surface area contributed by atoms with Crippen molar-refractivity contribution in [3.8, 4) is 11.8 Å². The normalized spacial score (nSPS) is 16.7. The number of benzene rings is 1. The number of carbonyl (C=O) groups is 1. The molecule has 1 fully saturated rings. The highest BCUT2D eigenvalue weighted by Gasteiger charge is 2.32. The first kappa shape index (κ1) is 30.1. The molecule has 1 amide bonds. The van der Waals surface area contributed by atoms with Gasteiger partial charge in [0.2, 0.25) is 17.7 Å². The van der Waals surface area contributed by atoms with E-state index in [2.05, 4.69) is 69.6 Å². The van der Waals surface area contributed by atoms with Crippen molar-refractivity contribution in [1.82, 2.24) is 19.8 Å². The molecule has 42 heavy (non-hydrogen) atoms. The van der Waals surface area contributed by atoms with Crippen molar-refractivity contribution >= 4 is 30.8 Å². The van der Waals surface area contributed by atoms with Crippen LogP contribution in [-0.4, -0.2) is 94.3 Å². The summed E-state index contributed by atoms with van der Waals surface area (Å²) in [7, 11) is 3.80. The molecule has 3 aromatic rings. The molecular formula is C31H44N6O4Si. The van der Waals surface area contributed by atoms with Crippen LogP contribution in [0.2, 0.25) is 19.1 Å². The number of rotatable bonds is 11. The highest BCUT2D eigenvalue weighted by Crippen LogP contribution is 2.33. The molecule has 2 aliphatic heterocycles. The molecule has 0 atom stereocenters. The molecule has 4 heterocycles. The minimum atomic E-state index is -1.37. The Morgan fingerprint density at radius 3 is 2.48 bits per heavy atom. The number of methoxy groups -OCH3 is 2. The maximum absolute atomic E-state index is 13.2. The van der Waals surface area contributed by atoms with E-state index in [1.807, 2.05) is 6.07 Å². The number of nitrogens with one attached hydrogen (secondary N) is 2. The van der Waals surface area contributed by atoms with Crippen molar-refractivity contribution in [3.63, 3.8) is 0 Å². The Hall–Kier alpha value is -3.41. The van der Waals surface area contributed by atoms with Crippen LogP contribution < -0.4 is 25.3 Å². The third kappa shape index (κ3) is 6.79. The summed E-state index contributed by atoms with van der Waals surface area (Å²) in [5, 5.41) is 7.64. The Balaban J connectivity index is 1.22. The van der Waals surface area contributed by atoms with Crippen LogP contribution in [0.4, 0.5) is 11.6 Å². The van der Waals surface area contributed by atoms with Crippen molar-refractivity contribution in [1.29, 1.82) is 0 Å². The van der Waals surface area contributed by atoms with Gasteiger partial charge in [-0.2, -0.15) is 9.97 Å². The average molecular weight is 593 g/mol. The number of hydrogen-bond acceptors (Lipinski definition) is 9. The Morgan fingerprint density at radius 2 is 1.79 bits per heavy atom. The highest BCUT2D eigenvalue weighted by molar-refractivity contribution is 6.91. The number of nitrogens with zero attached hydrogens (tertiary/aromatic N) is 4. The van der Waals surface area contributed by atoms with E-state index in [1.165, 1.54) is 43.4 Å². The van der Waals surface area contributed by atoms with Crippen molar-refractivity contribution in [3.05, 3.63) is 52.5 Å². The Morgan fingerprint density at radius 1 is 1.07 bits per heavy atom. The predicted octanol–water partition coefficient (Wildman–Crippen LogP) is 3.76. The molecule has 5 rings (SSSR count). The summed E-state index contributed by atoms with van der Waals surface area (Å²) >= 11 is 0. The molecule has 10 nitrogen and oxygen atoms in total. The van der Waals surface area contributed by atoms with Crippen LogP contribution in [0.15, 0.2) is 28.7 Å². The monoisotopic (exact) mass is 592 g/mol. The first-order chi connectivity index (χ1) is 20.2. The van der Waals surface area contributed by atoms with Gasteiger partial charge in [0.25, 0.3) is 5.91 Å². The summed E-state index contributed by atoms with van der Waals surface area (Å²) in [6, 6.07) is 9.59. The number of aromatic nitrogens is 2. The third-order valence-electron chi connectivity index (χ3n) is 8.56. The number of fused-ring (bicyclic) bond motifs is 1.